The summed E-state index contributed by atoms with van der Waals surface area (Å²) in [5.74, 6) is 2.95. The number of carbonyl (C=O) groups excluding carboxylic acids is 7. The molecule has 294 valence electrons. The summed E-state index contributed by atoms with van der Waals surface area (Å²) in [7, 11) is 0. The van der Waals surface area contributed by atoms with Gasteiger partial charge in [-0.3, -0.25) is 49.0 Å². The lowest BCUT2D eigenvalue weighted by molar-refractivity contribution is -0.145. The Morgan fingerprint density at radius 2 is 1.32 bits per heavy atom. The molecule has 0 spiro atoms. The van der Waals surface area contributed by atoms with E-state index in [0.29, 0.717) is 61.9 Å². The van der Waals surface area contributed by atoms with Crippen molar-refractivity contribution >= 4 is 47.4 Å². The average molecular weight is 775 g/mol. The van der Waals surface area contributed by atoms with Crippen molar-refractivity contribution in [3.63, 3.8) is 0 Å². The monoisotopic (exact) mass is 774 g/mol. The fraction of sp³-hybridized carbons (Fsp3) is 0.349. The Labute approximate surface area is 328 Å². The first kappa shape index (κ1) is 40.1. The molecule has 0 aromatic heterocycles. The second kappa shape index (κ2) is 18.3. The first-order chi connectivity index (χ1) is 27.5. The van der Waals surface area contributed by atoms with Crippen molar-refractivity contribution in [1.82, 2.24) is 20.4 Å². The third-order valence-corrected chi connectivity index (χ3v) is 10.2. The number of nitrogens with one attached hydrogen (secondary N) is 2. The molecule has 2 fully saturated rings. The Hall–Kier alpha value is -6.62. The van der Waals surface area contributed by atoms with Gasteiger partial charge >= 0.3 is 11.9 Å². The molecule has 3 aromatic rings. The van der Waals surface area contributed by atoms with Crippen LogP contribution in [0.1, 0.15) is 106 Å². The summed E-state index contributed by atoms with van der Waals surface area (Å²) in [5.41, 5.74) is 5.41. The number of hydrogen-bond donors (Lipinski definition) is 3. The maximum atomic E-state index is 12.8. The molecule has 2 unspecified atom stereocenters. The van der Waals surface area contributed by atoms with Gasteiger partial charge < -0.3 is 19.6 Å². The molecule has 14 heteroatoms. The van der Waals surface area contributed by atoms with Gasteiger partial charge in [-0.1, -0.05) is 60.4 Å². The highest BCUT2D eigenvalue weighted by atomic mass is 16.5. The van der Waals surface area contributed by atoms with E-state index in [2.05, 4.69) is 22.5 Å². The summed E-state index contributed by atoms with van der Waals surface area (Å²) in [6.45, 7) is 0.949. The molecule has 2 saturated heterocycles. The summed E-state index contributed by atoms with van der Waals surface area (Å²) >= 11 is 0. The second-order valence-electron chi connectivity index (χ2n) is 14.2. The van der Waals surface area contributed by atoms with Crippen LogP contribution in [0.3, 0.4) is 0 Å². The Balaban J connectivity index is 0.000000199. The van der Waals surface area contributed by atoms with E-state index in [4.69, 9.17) is 9.84 Å². The molecule has 3 aromatic carbocycles. The third-order valence-electron chi connectivity index (χ3n) is 10.2. The largest absolute Gasteiger partial charge is 0.481 e. The molecule has 14 nitrogen and oxygen atoms in total. The topological polar surface area (TPSA) is 197 Å². The average Bonchev–Trinajstić information content (AvgIpc) is 3.69. The van der Waals surface area contributed by atoms with E-state index in [1.165, 1.54) is 9.80 Å². The van der Waals surface area contributed by atoms with Gasteiger partial charge in [-0.25, -0.2) is 0 Å². The van der Waals surface area contributed by atoms with E-state index in [0.717, 1.165) is 28.7 Å². The molecular formula is C43H42N4O10. The molecule has 3 N–H and O–H groups in total. The Kier molecular flexibility index (Phi) is 12.9. The molecule has 6 amide bonds. The van der Waals surface area contributed by atoms with Crippen molar-refractivity contribution < 1.29 is 48.2 Å². The number of carbonyl (C=O) groups is 8. The predicted molar refractivity (Wildman–Crippen MR) is 203 cm³/mol. The number of nitrogens with zero attached hydrogens (tertiary/aromatic N) is 2. The van der Waals surface area contributed by atoms with Crippen LogP contribution in [0.4, 0.5) is 0 Å². The number of rotatable bonds is 11. The fourth-order valence-corrected chi connectivity index (χ4v) is 7.13. The minimum atomic E-state index is -0.802. The number of fused-ring (bicyclic) bond motifs is 2. The van der Waals surface area contributed by atoms with Gasteiger partial charge in [0.2, 0.25) is 23.6 Å². The minimum absolute atomic E-state index is 0.146. The van der Waals surface area contributed by atoms with Crippen LogP contribution >= 0.6 is 0 Å². The number of carboxylic acids is 1. The van der Waals surface area contributed by atoms with Gasteiger partial charge in [0.05, 0.1) is 6.42 Å². The highest BCUT2D eigenvalue weighted by Gasteiger charge is 2.40. The number of esters is 1. The highest BCUT2D eigenvalue weighted by molar-refractivity contribution is 6.06. The van der Waals surface area contributed by atoms with Crippen LogP contribution in [0.25, 0.3) is 0 Å². The number of aryl methyl sites for hydroxylation is 1. The number of benzene rings is 3. The first-order valence-corrected chi connectivity index (χ1v) is 18.9. The molecule has 4 heterocycles. The lowest BCUT2D eigenvalue weighted by Crippen LogP contribution is -2.52. The van der Waals surface area contributed by atoms with Crippen LogP contribution in [0, 0.1) is 11.8 Å². The Morgan fingerprint density at radius 3 is 1.91 bits per heavy atom. The summed E-state index contributed by atoms with van der Waals surface area (Å²) < 4.78 is 5.23. The predicted octanol–water partition coefficient (Wildman–Crippen LogP) is 3.57. The number of piperidine rings is 2. The fourth-order valence-electron chi connectivity index (χ4n) is 7.13. The van der Waals surface area contributed by atoms with Crippen LogP contribution in [0.5, 0.6) is 0 Å². The molecular weight excluding hydrogens is 732 g/mol. The maximum absolute atomic E-state index is 12.8. The summed E-state index contributed by atoms with van der Waals surface area (Å²) in [6, 6.07) is 19.3. The van der Waals surface area contributed by atoms with Crippen LogP contribution in [-0.4, -0.2) is 74.4 Å². The van der Waals surface area contributed by atoms with Crippen molar-refractivity contribution in [1.29, 1.82) is 0 Å². The molecule has 4 aliphatic heterocycles. The van der Waals surface area contributed by atoms with Crippen LogP contribution < -0.4 is 10.6 Å². The van der Waals surface area contributed by atoms with Crippen molar-refractivity contribution in [2.24, 2.45) is 0 Å². The standard InChI is InChI=1S/C25H22N2O5.C18H20N2O5/c28-22-13-12-21(24(30)26-22)27-15-19-11-10-17(14-20(19)25(27)31)6-4-5-9-23(29)32-16-18-7-2-1-3-8-18;21-15-8-7-14(17(24)19-15)20-10-12-6-5-11(9-13(12)18(20)25)3-1-2-4-16(22)23/h1-3,7-8,10-11,14,21H,5,9,12-13,15-16H2,(H,26,28,30);5-6,9,14H,1-4,7-8,10H2,(H,22,23)(H,19,21,24). The number of ether oxygens (including phenoxy) is 1. The number of amides is 6. The number of unbranched alkanes of at least 4 members (excludes halogenated alkanes) is 1. The number of aliphatic carboxylic acids is 1. The van der Waals surface area contributed by atoms with E-state index >= 15 is 0 Å². The van der Waals surface area contributed by atoms with Crippen molar-refractivity contribution in [2.45, 2.75) is 96.0 Å². The van der Waals surface area contributed by atoms with Crippen molar-refractivity contribution in [3.8, 4) is 11.8 Å². The van der Waals surface area contributed by atoms with Gasteiger partial charge in [-0.2, -0.15) is 0 Å². The highest BCUT2D eigenvalue weighted by Crippen LogP contribution is 2.30. The lowest BCUT2D eigenvalue weighted by atomic mass is 10.0. The number of carboxylic acid groups (broad SMARTS) is 1. The van der Waals surface area contributed by atoms with Crippen LogP contribution in [0.15, 0.2) is 66.7 Å². The molecule has 4 aliphatic rings. The zero-order valence-electron chi connectivity index (χ0n) is 31.2. The van der Waals surface area contributed by atoms with E-state index in [1.807, 2.05) is 60.7 Å². The first-order valence-electron chi connectivity index (χ1n) is 18.9. The third kappa shape index (κ3) is 10.2. The Morgan fingerprint density at radius 1 is 0.719 bits per heavy atom. The van der Waals surface area contributed by atoms with Gasteiger partial charge in [0.15, 0.2) is 0 Å². The van der Waals surface area contributed by atoms with Crippen molar-refractivity contribution in [2.75, 3.05) is 0 Å². The molecule has 57 heavy (non-hydrogen) atoms. The Bertz CT molecular complexity index is 2170. The van der Waals surface area contributed by atoms with Crippen LogP contribution in [0.2, 0.25) is 0 Å². The maximum Gasteiger partial charge on any atom is 0.307 e. The van der Waals surface area contributed by atoms with Crippen molar-refractivity contribution in [3.05, 3.63) is 106 Å². The summed E-state index contributed by atoms with van der Waals surface area (Å²) in [6.07, 6.45) is 3.89. The normalized spacial score (nSPS) is 18.4. The zero-order chi connectivity index (χ0) is 40.5. The number of hydrogen-bond acceptors (Lipinski definition) is 9. The van der Waals surface area contributed by atoms with E-state index in [9.17, 15) is 38.4 Å². The van der Waals surface area contributed by atoms with E-state index < -0.39 is 29.9 Å². The molecule has 0 aliphatic carbocycles. The molecule has 0 radical (unpaired) electrons. The molecule has 2 atom stereocenters. The smallest absolute Gasteiger partial charge is 0.307 e. The van der Waals surface area contributed by atoms with E-state index in [-0.39, 0.29) is 61.9 Å². The van der Waals surface area contributed by atoms with Gasteiger partial charge in [-0.05, 0) is 72.6 Å². The van der Waals surface area contributed by atoms with Crippen LogP contribution in [-0.2, 0) is 59.6 Å². The van der Waals surface area contributed by atoms with Gasteiger partial charge in [0.1, 0.15) is 18.7 Å². The van der Waals surface area contributed by atoms with Gasteiger partial charge in [0.25, 0.3) is 11.8 Å². The SMILES string of the molecule is O=C(O)CCCCc1ccc2c(c1)C(=O)N(C1CCC(=O)NC1=O)C2.O=C1CCC(N2Cc3ccc(C#CCCC(=O)OCc4ccccc4)cc3C2=O)C(=O)N1. The summed E-state index contributed by atoms with van der Waals surface area (Å²) in [4.78, 5) is 97.7. The summed E-state index contributed by atoms with van der Waals surface area (Å²) in [5, 5.41) is 13.2. The van der Waals surface area contributed by atoms with Gasteiger partial charge in [0, 0.05) is 55.5 Å². The molecule has 7 rings (SSSR count). The quantitative estimate of drug-likeness (QED) is 0.112. The number of imide groups is 2. The molecule has 0 bridgehead atoms. The second-order valence-corrected chi connectivity index (χ2v) is 14.2. The zero-order valence-corrected chi connectivity index (χ0v) is 31.2. The molecule has 0 saturated carbocycles. The minimum Gasteiger partial charge on any atom is -0.481 e. The van der Waals surface area contributed by atoms with E-state index in [1.54, 1.807) is 6.07 Å². The lowest BCUT2D eigenvalue weighted by Gasteiger charge is -2.29. The van der Waals surface area contributed by atoms with Gasteiger partial charge in [-0.15, -0.1) is 0 Å².